The normalized spacial score (nSPS) is 10.5. The molecular weight excluding hydrogens is 386 g/mol. The van der Waals surface area contributed by atoms with Gasteiger partial charge < -0.3 is 10.2 Å². The number of hydrogen-bond donors (Lipinski definition) is 2. The quantitative estimate of drug-likeness (QED) is 0.477. The monoisotopic (exact) mass is 397 g/mol. The van der Waals surface area contributed by atoms with Crippen LogP contribution >= 0.6 is 0 Å². The van der Waals surface area contributed by atoms with Crippen molar-refractivity contribution in [3.05, 3.63) is 84.9 Å². The Morgan fingerprint density at radius 3 is 1.21 bits per heavy atom. The number of nitro groups is 3. The van der Waals surface area contributed by atoms with Crippen LogP contribution in [0.3, 0.4) is 0 Å². The van der Waals surface area contributed by atoms with Crippen molar-refractivity contribution in [2.24, 2.45) is 0 Å². The lowest BCUT2D eigenvalue weighted by atomic mass is 9.93. The summed E-state index contributed by atoms with van der Waals surface area (Å²) in [5.41, 5.74) is -3.30. The first-order valence-corrected chi connectivity index (χ1v) is 7.93. The van der Waals surface area contributed by atoms with Crippen LogP contribution in [0.25, 0.3) is 22.3 Å². The van der Waals surface area contributed by atoms with Gasteiger partial charge in [-0.05, 0) is 35.4 Å². The third-order valence-electron chi connectivity index (χ3n) is 4.15. The fourth-order valence-corrected chi connectivity index (χ4v) is 2.94. The van der Waals surface area contributed by atoms with Gasteiger partial charge in [0.2, 0.25) is 0 Å². The van der Waals surface area contributed by atoms with E-state index in [4.69, 9.17) is 0 Å². The van der Waals surface area contributed by atoms with Gasteiger partial charge in [-0.25, -0.2) is 0 Å². The average molecular weight is 397 g/mol. The molecule has 29 heavy (non-hydrogen) atoms. The van der Waals surface area contributed by atoms with Crippen molar-refractivity contribution in [1.82, 2.24) is 0 Å². The number of aromatic hydroxyl groups is 2. The second kappa shape index (κ2) is 7.23. The summed E-state index contributed by atoms with van der Waals surface area (Å²) >= 11 is 0. The van der Waals surface area contributed by atoms with Crippen LogP contribution in [0.15, 0.2) is 54.6 Å². The first-order valence-electron chi connectivity index (χ1n) is 7.93. The van der Waals surface area contributed by atoms with E-state index in [2.05, 4.69) is 0 Å². The van der Waals surface area contributed by atoms with Gasteiger partial charge in [0.1, 0.15) is 22.6 Å². The molecule has 3 aromatic rings. The zero-order valence-corrected chi connectivity index (χ0v) is 14.4. The van der Waals surface area contributed by atoms with Gasteiger partial charge in [0.15, 0.2) is 0 Å². The second-order valence-corrected chi connectivity index (χ2v) is 5.88. The predicted octanol–water partition coefficient (Wildman–Crippen LogP) is 4.16. The Morgan fingerprint density at radius 1 is 0.586 bits per heavy atom. The number of phenols is 2. The smallest absolute Gasteiger partial charge is 0.298 e. The minimum absolute atomic E-state index is 0.0242. The van der Waals surface area contributed by atoms with Gasteiger partial charge in [-0.2, -0.15) is 0 Å². The number of phenolic OH excluding ortho intramolecular Hbond substituents is 2. The largest absolute Gasteiger partial charge is 0.508 e. The zero-order valence-electron chi connectivity index (χ0n) is 14.4. The van der Waals surface area contributed by atoms with Crippen LogP contribution in [-0.2, 0) is 0 Å². The Hall–Kier alpha value is -4.54. The first kappa shape index (κ1) is 19.2. The Kier molecular flexibility index (Phi) is 4.79. The summed E-state index contributed by atoms with van der Waals surface area (Å²) in [6.45, 7) is 0. The van der Waals surface area contributed by atoms with Crippen LogP contribution in [0.4, 0.5) is 17.1 Å². The SMILES string of the molecule is O=[N+]([O-])c1cc([N+](=O)[O-])c(-c2ccc(O)cc2)c([N+](=O)[O-])c1-c1ccc(O)cc1. The van der Waals surface area contributed by atoms with E-state index in [1.54, 1.807) is 0 Å². The summed E-state index contributed by atoms with van der Waals surface area (Å²) in [6.07, 6.45) is 0. The van der Waals surface area contributed by atoms with Crippen LogP contribution in [0.1, 0.15) is 0 Å². The van der Waals surface area contributed by atoms with Crippen LogP contribution in [-0.4, -0.2) is 25.0 Å². The molecule has 0 heterocycles. The molecule has 3 rings (SSSR count). The lowest BCUT2D eigenvalue weighted by molar-refractivity contribution is -0.401. The summed E-state index contributed by atoms with van der Waals surface area (Å²) < 4.78 is 0. The molecule has 11 heteroatoms. The topological polar surface area (TPSA) is 170 Å². The van der Waals surface area contributed by atoms with Crippen molar-refractivity contribution in [2.45, 2.75) is 0 Å². The lowest BCUT2D eigenvalue weighted by Crippen LogP contribution is -2.04. The van der Waals surface area contributed by atoms with Crippen molar-refractivity contribution in [3.63, 3.8) is 0 Å². The van der Waals surface area contributed by atoms with Crippen LogP contribution in [0.2, 0.25) is 0 Å². The molecule has 11 nitrogen and oxygen atoms in total. The van der Waals surface area contributed by atoms with E-state index < -0.39 is 43.0 Å². The molecule has 0 aliphatic carbocycles. The molecule has 0 amide bonds. The highest BCUT2D eigenvalue weighted by Crippen LogP contribution is 2.49. The molecule has 0 aliphatic heterocycles. The fraction of sp³-hybridized carbons (Fsp3) is 0. The number of nitro benzene ring substituents is 3. The molecule has 0 saturated heterocycles. The van der Waals surface area contributed by atoms with E-state index in [0.717, 1.165) is 0 Å². The lowest BCUT2D eigenvalue weighted by Gasteiger charge is -2.11. The maximum Gasteiger partial charge on any atom is 0.298 e. The Labute approximate surface area is 161 Å². The zero-order chi connectivity index (χ0) is 21.3. The fourth-order valence-electron chi connectivity index (χ4n) is 2.94. The molecule has 0 fully saturated rings. The van der Waals surface area contributed by atoms with E-state index in [1.807, 2.05) is 0 Å². The van der Waals surface area contributed by atoms with Gasteiger partial charge in [-0.15, -0.1) is 0 Å². The summed E-state index contributed by atoms with van der Waals surface area (Å²) in [7, 11) is 0. The molecule has 0 saturated carbocycles. The predicted molar refractivity (Wildman–Crippen MR) is 101 cm³/mol. The van der Waals surface area contributed by atoms with E-state index in [-0.39, 0.29) is 22.6 Å². The molecule has 0 bridgehead atoms. The molecule has 0 radical (unpaired) electrons. The molecule has 0 atom stereocenters. The van der Waals surface area contributed by atoms with Gasteiger partial charge in [0.25, 0.3) is 17.1 Å². The maximum absolute atomic E-state index is 11.9. The van der Waals surface area contributed by atoms with Gasteiger partial charge in [-0.3, -0.25) is 30.3 Å². The summed E-state index contributed by atoms with van der Waals surface area (Å²) in [4.78, 5) is 32.3. The highest BCUT2D eigenvalue weighted by Gasteiger charge is 2.38. The van der Waals surface area contributed by atoms with E-state index in [9.17, 15) is 40.6 Å². The van der Waals surface area contributed by atoms with Gasteiger partial charge in [0.05, 0.1) is 20.8 Å². The van der Waals surface area contributed by atoms with Crippen molar-refractivity contribution in [3.8, 4) is 33.8 Å². The van der Waals surface area contributed by atoms with Gasteiger partial charge >= 0.3 is 0 Å². The van der Waals surface area contributed by atoms with Crippen LogP contribution < -0.4 is 0 Å². The van der Waals surface area contributed by atoms with Crippen molar-refractivity contribution in [1.29, 1.82) is 0 Å². The third-order valence-corrected chi connectivity index (χ3v) is 4.15. The molecule has 0 aromatic heterocycles. The summed E-state index contributed by atoms with van der Waals surface area (Å²) in [5.74, 6) is -0.334. The molecule has 146 valence electrons. The Morgan fingerprint density at radius 2 is 0.931 bits per heavy atom. The molecule has 0 aliphatic rings. The minimum atomic E-state index is -0.942. The molecule has 3 aromatic carbocycles. The molecule has 0 unspecified atom stereocenters. The van der Waals surface area contributed by atoms with Crippen molar-refractivity contribution >= 4 is 17.1 Å². The van der Waals surface area contributed by atoms with Crippen molar-refractivity contribution in [2.75, 3.05) is 0 Å². The number of nitrogens with zero attached hydrogens (tertiary/aromatic N) is 3. The standard InChI is InChI=1S/C18H11N3O8/c22-12-5-1-10(2-6-12)16-14(19(24)25)9-15(20(26)27)17(18(16)21(28)29)11-3-7-13(23)8-4-11/h1-9,22-23H. The van der Waals surface area contributed by atoms with E-state index in [0.29, 0.717) is 6.07 Å². The molecule has 0 spiro atoms. The number of rotatable bonds is 5. The minimum Gasteiger partial charge on any atom is -0.508 e. The second-order valence-electron chi connectivity index (χ2n) is 5.88. The number of hydrogen-bond acceptors (Lipinski definition) is 8. The first-order chi connectivity index (χ1) is 13.7. The molecular formula is C18H11N3O8. The number of benzene rings is 3. The maximum atomic E-state index is 11.9. The Balaban J connectivity index is 2.52. The van der Waals surface area contributed by atoms with Crippen LogP contribution in [0.5, 0.6) is 11.5 Å². The molecule has 2 N–H and O–H groups in total. The average Bonchev–Trinajstić information content (AvgIpc) is 2.67. The van der Waals surface area contributed by atoms with E-state index >= 15 is 0 Å². The van der Waals surface area contributed by atoms with Crippen LogP contribution in [0, 0.1) is 30.3 Å². The highest BCUT2D eigenvalue weighted by atomic mass is 16.6. The Bertz CT molecular complexity index is 1060. The van der Waals surface area contributed by atoms with Crippen molar-refractivity contribution < 1.29 is 25.0 Å². The summed E-state index contributed by atoms with van der Waals surface area (Å²) in [6, 6.07) is 10.3. The van der Waals surface area contributed by atoms with E-state index in [1.165, 1.54) is 48.5 Å². The summed E-state index contributed by atoms with van der Waals surface area (Å²) in [5, 5.41) is 54.0. The van der Waals surface area contributed by atoms with Gasteiger partial charge in [0, 0.05) is 0 Å². The third kappa shape index (κ3) is 3.51. The highest BCUT2D eigenvalue weighted by molar-refractivity contribution is 5.96. The van der Waals surface area contributed by atoms with Gasteiger partial charge in [-0.1, -0.05) is 24.3 Å².